The molecule has 4 heteroatoms. The number of nitrogens with one attached hydrogen (secondary N) is 1. The van der Waals surface area contributed by atoms with E-state index in [-0.39, 0.29) is 11.3 Å². The first-order chi connectivity index (χ1) is 5.88. The van der Waals surface area contributed by atoms with Gasteiger partial charge in [0.05, 0.1) is 0 Å². The fourth-order valence-corrected chi connectivity index (χ4v) is 1.09. The molecule has 1 unspecified atom stereocenters. The molecule has 74 valence electrons. The first kappa shape index (κ1) is 10.2. The highest BCUT2D eigenvalue weighted by Crippen LogP contribution is 2.20. The number of aliphatic hydroxyl groups excluding tert-OH is 1. The monoisotopic (exact) mass is 184 g/mol. The van der Waals surface area contributed by atoms with Crippen LogP contribution < -0.4 is 5.43 Å². The van der Waals surface area contributed by atoms with Gasteiger partial charge in [-0.05, 0) is 11.5 Å². The Labute approximate surface area is 78.2 Å². The van der Waals surface area contributed by atoms with Gasteiger partial charge in [-0.1, -0.05) is 20.8 Å². The lowest BCUT2D eigenvalue weighted by molar-refractivity contribution is -0.134. The van der Waals surface area contributed by atoms with Gasteiger partial charge in [0.1, 0.15) is 6.23 Å². The van der Waals surface area contributed by atoms with E-state index in [9.17, 15) is 4.79 Å². The fraction of sp³-hybridized carbons (Fsp3) is 0.667. The van der Waals surface area contributed by atoms with Crippen molar-refractivity contribution in [2.75, 3.05) is 0 Å². The summed E-state index contributed by atoms with van der Waals surface area (Å²) in [5, 5.41) is 10.4. The number of carbonyl (C=O) groups excluding carboxylic acids is 1. The van der Waals surface area contributed by atoms with Gasteiger partial charge in [0.2, 0.25) is 5.91 Å². The van der Waals surface area contributed by atoms with Crippen LogP contribution in [0.1, 0.15) is 27.2 Å². The summed E-state index contributed by atoms with van der Waals surface area (Å²) >= 11 is 0. The maximum Gasteiger partial charge on any atom is 0.241 e. The van der Waals surface area contributed by atoms with Crippen LogP contribution in [0.4, 0.5) is 0 Å². The number of nitrogens with zero attached hydrogens (tertiary/aromatic N) is 1. The van der Waals surface area contributed by atoms with Crippen molar-refractivity contribution in [2.24, 2.45) is 5.41 Å². The fourth-order valence-electron chi connectivity index (χ4n) is 1.09. The standard InChI is InChI=1S/C9H16N2O2/c1-9(2,3)6-8(13)11-5-4-7(12)10-11/h4-5,7,10,12H,6H2,1-3H3. The van der Waals surface area contributed by atoms with Crippen molar-refractivity contribution < 1.29 is 9.90 Å². The van der Waals surface area contributed by atoms with Crippen LogP contribution in [0.15, 0.2) is 12.3 Å². The van der Waals surface area contributed by atoms with E-state index in [1.165, 1.54) is 11.1 Å². The molecule has 1 amide bonds. The molecular formula is C9H16N2O2. The lowest BCUT2D eigenvalue weighted by Crippen LogP contribution is -2.40. The summed E-state index contributed by atoms with van der Waals surface area (Å²) in [5.74, 6) is -0.0275. The Kier molecular flexibility index (Phi) is 2.73. The second-order valence-corrected chi connectivity index (χ2v) is 4.42. The van der Waals surface area contributed by atoms with Gasteiger partial charge >= 0.3 is 0 Å². The molecular weight excluding hydrogens is 168 g/mol. The van der Waals surface area contributed by atoms with Gasteiger partial charge in [0.15, 0.2) is 0 Å². The van der Waals surface area contributed by atoms with Gasteiger partial charge in [-0.3, -0.25) is 9.80 Å². The quantitative estimate of drug-likeness (QED) is 0.627. The number of hydrogen-bond donors (Lipinski definition) is 2. The summed E-state index contributed by atoms with van der Waals surface area (Å²) in [5.41, 5.74) is 2.58. The molecule has 0 saturated heterocycles. The summed E-state index contributed by atoms with van der Waals surface area (Å²) in [4.78, 5) is 11.5. The van der Waals surface area contributed by atoms with Crippen LogP contribution in [-0.2, 0) is 4.79 Å². The van der Waals surface area contributed by atoms with Crippen molar-refractivity contribution in [1.29, 1.82) is 0 Å². The Morgan fingerprint density at radius 3 is 2.62 bits per heavy atom. The molecule has 1 rings (SSSR count). The van der Waals surface area contributed by atoms with Crippen LogP contribution in [0.5, 0.6) is 0 Å². The summed E-state index contributed by atoms with van der Waals surface area (Å²) in [6, 6.07) is 0. The Balaban J connectivity index is 2.46. The van der Waals surface area contributed by atoms with Crippen molar-refractivity contribution in [3.05, 3.63) is 12.3 Å². The molecule has 0 aromatic carbocycles. The number of hydrogen-bond acceptors (Lipinski definition) is 3. The van der Waals surface area contributed by atoms with Gasteiger partial charge in [0.25, 0.3) is 0 Å². The van der Waals surface area contributed by atoms with E-state index >= 15 is 0 Å². The molecule has 0 aromatic rings. The van der Waals surface area contributed by atoms with Crippen LogP contribution in [0.2, 0.25) is 0 Å². The summed E-state index contributed by atoms with van der Waals surface area (Å²) in [7, 11) is 0. The second kappa shape index (κ2) is 3.47. The Morgan fingerprint density at radius 2 is 2.23 bits per heavy atom. The Hall–Kier alpha value is -0.870. The third kappa shape index (κ3) is 3.16. The topological polar surface area (TPSA) is 52.6 Å². The lowest BCUT2D eigenvalue weighted by Gasteiger charge is -2.22. The number of amides is 1. The molecule has 2 N–H and O–H groups in total. The highest BCUT2D eigenvalue weighted by Gasteiger charge is 2.23. The van der Waals surface area contributed by atoms with Gasteiger partial charge in [-0.2, -0.15) is 5.43 Å². The SMILES string of the molecule is CC(C)(C)CC(=O)N1C=CC(O)N1. The zero-order valence-electron chi connectivity index (χ0n) is 8.24. The first-order valence-corrected chi connectivity index (χ1v) is 4.33. The molecule has 0 aliphatic carbocycles. The van der Waals surface area contributed by atoms with Gasteiger partial charge < -0.3 is 5.11 Å². The van der Waals surface area contributed by atoms with Crippen LogP contribution in [0.25, 0.3) is 0 Å². The molecule has 1 aliphatic heterocycles. The van der Waals surface area contributed by atoms with E-state index in [4.69, 9.17) is 5.11 Å². The zero-order valence-corrected chi connectivity index (χ0v) is 8.24. The van der Waals surface area contributed by atoms with Crippen molar-refractivity contribution in [1.82, 2.24) is 10.4 Å². The largest absolute Gasteiger partial charge is 0.373 e. The van der Waals surface area contributed by atoms with Crippen molar-refractivity contribution in [2.45, 2.75) is 33.4 Å². The van der Waals surface area contributed by atoms with E-state index in [1.807, 2.05) is 20.8 Å². The minimum Gasteiger partial charge on any atom is -0.373 e. The lowest BCUT2D eigenvalue weighted by atomic mass is 9.92. The first-order valence-electron chi connectivity index (χ1n) is 4.33. The molecule has 0 saturated carbocycles. The predicted molar refractivity (Wildman–Crippen MR) is 49.2 cm³/mol. The molecule has 0 fully saturated rings. The van der Waals surface area contributed by atoms with Crippen LogP contribution in [0, 0.1) is 5.41 Å². The average Bonchev–Trinajstić information content (AvgIpc) is 2.31. The molecule has 0 spiro atoms. The van der Waals surface area contributed by atoms with Gasteiger partial charge in [-0.25, -0.2) is 0 Å². The molecule has 1 atom stereocenters. The number of carbonyl (C=O) groups is 1. The van der Waals surface area contributed by atoms with Crippen molar-refractivity contribution in [3.63, 3.8) is 0 Å². The normalized spacial score (nSPS) is 22.5. The van der Waals surface area contributed by atoms with Crippen LogP contribution >= 0.6 is 0 Å². The number of aliphatic hydroxyl groups is 1. The molecule has 13 heavy (non-hydrogen) atoms. The van der Waals surface area contributed by atoms with Crippen molar-refractivity contribution >= 4 is 5.91 Å². The molecule has 4 nitrogen and oxygen atoms in total. The second-order valence-electron chi connectivity index (χ2n) is 4.42. The van der Waals surface area contributed by atoms with Crippen molar-refractivity contribution in [3.8, 4) is 0 Å². The van der Waals surface area contributed by atoms with E-state index in [2.05, 4.69) is 5.43 Å². The van der Waals surface area contributed by atoms with E-state index < -0.39 is 6.23 Å². The van der Waals surface area contributed by atoms with Gasteiger partial charge in [-0.15, -0.1) is 0 Å². The Morgan fingerprint density at radius 1 is 1.62 bits per heavy atom. The maximum absolute atomic E-state index is 11.5. The zero-order chi connectivity index (χ0) is 10.1. The minimum atomic E-state index is -0.732. The smallest absolute Gasteiger partial charge is 0.241 e. The number of rotatable bonds is 1. The molecule has 0 radical (unpaired) electrons. The maximum atomic E-state index is 11.5. The van der Waals surface area contributed by atoms with Crippen LogP contribution in [0.3, 0.4) is 0 Å². The third-order valence-corrected chi connectivity index (χ3v) is 1.64. The molecule has 0 aromatic heterocycles. The van der Waals surface area contributed by atoms with E-state index in [0.29, 0.717) is 6.42 Å². The molecule has 1 aliphatic rings. The van der Waals surface area contributed by atoms with E-state index in [1.54, 1.807) is 6.20 Å². The molecule has 0 bridgehead atoms. The highest BCUT2D eigenvalue weighted by atomic mass is 16.3. The third-order valence-electron chi connectivity index (χ3n) is 1.64. The Bertz CT molecular complexity index is 230. The molecule has 1 heterocycles. The number of hydrazine groups is 1. The summed E-state index contributed by atoms with van der Waals surface area (Å²) in [6.07, 6.45) is 2.81. The predicted octanol–water partition coefficient (Wildman–Crippen LogP) is 0.602. The average molecular weight is 184 g/mol. The minimum absolute atomic E-state index is 0.0275. The van der Waals surface area contributed by atoms with E-state index in [0.717, 1.165) is 0 Å². The summed E-state index contributed by atoms with van der Waals surface area (Å²) in [6.45, 7) is 6.00. The van der Waals surface area contributed by atoms with Gasteiger partial charge in [0, 0.05) is 12.6 Å². The highest BCUT2D eigenvalue weighted by molar-refractivity contribution is 5.77. The van der Waals surface area contributed by atoms with Crippen LogP contribution in [-0.4, -0.2) is 22.3 Å². The summed E-state index contributed by atoms with van der Waals surface area (Å²) < 4.78 is 0.